The second-order valence-electron chi connectivity index (χ2n) is 3.01. The summed E-state index contributed by atoms with van der Waals surface area (Å²) in [6, 6.07) is 3.78. The first-order valence-corrected chi connectivity index (χ1v) is 5.29. The average Bonchev–Trinajstić information content (AvgIpc) is 2.08. The summed E-state index contributed by atoms with van der Waals surface area (Å²) >= 11 is -0.259. The molecule has 0 aliphatic rings. The molecule has 0 unspecified atom stereocenters. The Kier molecular flexibility index (Phi) is 4.02. The molecule has 0 atom stereocenters. The van der Waals surface area contributed by atoms with Gasteiger partial charge in [0.25, 0.3) is 0 Å². The summed E-state index contributed by atoms with van der Waals surface area (Å²) in [5, 5.41) is 0. The molecule has 0 heterocycles. The molecule has 0 radical (unpaired) electrons. The third-order valence-corrected chi connectivity index (χ3v) is 2.64. The van der Waals surface area contributed by atoms with Crippen molar-refractivity contribution < 1.29 is 17.6 Å². The molecular formula is C10H10F4S. The van der Waals surface area contributed by atoms with Crippen LogP contribution in [-0.2, 0) is 6.42 Å². The minimum absolute atomic E-state index is 0.0376. The van der Waals surface area contributed by atoms with Crippen molar-refractivity contribution in [3.05, 3.63) is 29.6 Å². The van der Waals surface area contributed by atoms with Crippen LogP contribution in [0.2, 0.25) is 0 Å². The largest absolute Gasteiger partial charge is 0.446 e. The van der Waals surface area contributed by atoms with E-state index in [1.807, 2.05) is 0 Å². The lowest BCUT2D eigenvalue weighted by molar-refractivity contribution is -0.0328. The molecule has 0 aliphatic heterocycles. The fraction of sp³-hybridized carbons (Fsp3) is 0.400. The second-order valence-corrected chi connectivity index (χ2v) is 4.12. The number of thioether (sulfide) groups is 1. The highest BCUT2D eigenvalue weighted by molar-refractivity contribution is 8.00. The zero-order valence-electron chi connectivity index (χ0n) is 8.07. The third-order valence-electron chi connectivity index (χ3n) is 1.80. The van der Waals surface area contributed by atoms with Crippen LogP contribution in [0.5, 0.6) is 0 Å². The van der Waals surface area contributed by atoms with Gasteiger partial charge in [-0.15, -0.1) is 0 Å². The van der Waals surface area contributed by atoms with Crippen molar-refractivity contribution in [3.8, 4) is 0 Å². The van der Waals surface area contributed by atoms with Crippen molar-refractivity contribution in [1.29, 1.82) is 0 Å². The van der Waals surface area contributed by atoms with Crippen LogP contribution in [0.3, 0.4) is 0 Å². The Hall–Kier alpha value is -0.710. The van der Waals surface area contributed by atoms with Crippen molar-refractivity contribution in [2.45, 2.75) is 30.2 Å². The van der Waals surface area contributed by atoms with Crippen LogP contribution in [0.4, 0.5) is 17.6 Å². The minimum Gasteiger partial charge on any atom is -0.207 e. The van der Waals surface area contributed by atoms with Crippen LogP contribution in [0.25, 0.3) is 0 Å². The van der Waals surface area contributed by atoms with E-state index in [0.29, 0.717) is 12.8 Å². The van der Waals surface area contributed by atoms with E-state index in [1.54, 1.807) is 6.92 Å². The molecule has 0 saturated carbocycles. The summed E-state index contributed by atoms with van der Waals surface area (Å²) in [7, 11) is 0. The summed E-state index contributed by atoms with van der Waals surface area (Å²) in [5.41, 5.74) is -4.21. The van der Waals surface area contributed by atoms with Gasteiger partial charge in [0, 0.05) is 10.5 Å². The first kappa shape index (κ1) is 12.4. The topological polar surface area (TPSA) is 0 Å². The van der Waals surface area contributed by atoms with E-state index in [0.717, 1.165) is 0 Å². The van der Waals surface area contributed by atoms with Gasteiger partial charge >= 0.3 is 5.51 Å². The number of benzene rings is 1. The molecule has 0 nitrogen and oxygen atoms in total. The van der Waals surface area contributed by atoms with Gasteiger partial charge in [-0.05, 0) is 30.3 Å². The molecule has 1 aromatic carbocycles. The number of rotatable bonds is 3. The first-order valence-electron chi connectivity index (χ1n) is 4.47. The van der Waals surface area contributed by atoms with Gasteiger partial charge in [-0.25, -0.2) is 4.39 Å². The number of halogens is 4. The highest BCUT2D eigenvalue weighted by Gasteiger charge is 2.30. The van der Waals surface area contributed by atoms with Crippen molar-refractivity contribution in [3.63, 3.8) is 0 Å². The smallest absolute Gasteiger partial charge is 0.207 e. The Morgan fingerprint density at radius 3 is 2.47 bits per heavy atom. The zero-order valence-corrected chi connectivity index (χ0v) is 8.88. The van der Waals surface area contributed by atoms with Crippen LogP contribution in [0.15, 0.2) is 23.1 Å². The molecule has 1 rings (SSSR count). The van der Waals surface area contributed by atoms with E-state index >= 15 is 0 Å². The normalized spacial score (nSPS) is 11.8. The van der Waals surface area contributed by atoms with Gasteiger partial charge in [-0.1, -0.05) is 19.4 Å². The predicted octanol–water partition coefficient (Wildman–Crippen LogP) is 4.39. The maximum atomic E-state index is 13.2. The fourth-order valence-electron chi connectivity index (χ4n) is 1.25. The molecule has 0 spiro atoms. The molecule has 5 heteroatoms. The number of hydrogen-bond donors (Lipinski definition) is 0. The Bertz CT molecular complexity index is 333. The van der Waals surface area contributed by atoms with Crippen molar-refractivity contribution >= 4 is 11.8 Å². The summed E-state index contributed by atoms with van der Waals surface area (Å²) < 4.78 is 49.6. The average molecular weight is 238 g/mol. The van der Waals surface area contributed by atoms with E-state index in [2.05, 4.69) is 0 Å². The molecule has 1 aromatic rings. The molecule has 84 valence electrons. The third kappa shape index (κ3) is 3.74. The van der Waals surface area contributed by atoms with Crippen molar-refractivity contribution in [2.75, 3.05) is 0 Å². The van der Waals surface area contributed by atoms with Gasteiger partial charge in [0.15, 0.2) is 0 Å². The van der Waals surface area contributed by atoms with Crippen LogP contribution < -0.4 is 0 Å². The Morgan fingerprint density at radius 1 is 1.27 bits per heavy atom. The quantitative estimate of drug-likeness (QED) is 0.556. The van der Waals surface area contributed by atoms with Gasteiger partial charge in [-0.3, -0.25) is 0 Å². The van der Waals surface area contributed by atoms with Gasteiger partial charge in [0.1, 0.15) is 5.82 Å². The summed E-state index contributed by atoms with van der Waals surface area (Å²) in [6.07, 6.45) is 0.942. The molecule has 0 saturated heterocycles. The summed E-state index contributed by atoms with van der Waals surface area (Å²) in [4.78, 5) is -0.0376. The van der Waals surface area contributed by atoms with Crippen molar-refractivity contribution in [2.24, 2.45) is 0 Å². The fourth-order valence-corrected chi connectivity index (χ4v) is 1.97. The van der Waals surface area contributed by atoms with Crippen LogP contribution in [-0.4, -0.2) is 5.51 Å². The van der Waals surface area contributed by atoms with Gasteiger partial charge in [0.05, 0.1) is 0 Å². The Labute approximate surface area is 89.7 Å². The van der Waals surface area contributed by atoms with Crippen LogP contribution >= 0.6 is 11.8 Å². The lowest BCUT2D eigenvalue weighted by Crippen LogP contribution is -2.02. The molecule has 0 N–H and O–H groups in total. The summed E-state index contributed by atoms with van der Waals surface area (Å²) in [6.45, 7) is 1.80. The van der Waals surface area contributed by atoms with Crippen molar-refractivity contribution in [1.82, 2.24) is 0 Å². The molecular weight excluding hydrogens is 228 g/mol. The predicted molar refractivity (Wildman–Crippen MR) is 52.3 cm³/mol. The first-order chi connectivity index (χ1) is 6.94. The second kappa shape index (κ2) is 4.88. The maximum absolute atomic E-state index is 13.2. The molecule has 15 heavy (non-hydrogen) atoms. The number of hydrogen-bond acceptors (Lipinski definition) is 1. The van der Waals surface area contributed by atoms with Gasteiger partial charge < -0.3 is 0 Å². The van der Waals surface area contributed by atoms with Crippen LogP contribution in [0.1, 0.15) is 18.9 Å². The highest BCUT2D eigenvalue weighted by atomic mass is 32.2. The maximum Gasteiger partial charge on any atom is 0.446 e. The Balaban J connectivity index is 3.00. The van der Waals surface area contributed by atoms with Crippen LogP contribution in [0, 0.1) is 5.82 Å². The van der Waals surface area contributed by atoms with E-state index in [1.165, 1.54) is 18.2 Å². The molecule has 0 fully saturated rings. The number of alkyl halides is 3. The van der Waals surface area contributed by atoms with E-state index in [-0.39, 0.29) is 22.2 Å². The minimum atomic E-state index is -4.36. The molecule has 0 bridgehead atoms. The standard InChI is InChI=1S/C10H10F4S/c1-2-4-7-8(11)5-3-6-9(7)15-10(12,13)14/h3,5-6H,2,4H2,1H3. The van der Waals surface area contributed by atoms with E-state index in [4.69, 9.17) is 0 Å². The highest BCUT2D eigenvalue weighted by Crippen LogP contribution is 2.39. The molecule has 0 aliphatic carbocycles. The van der Waals surface area contributed by atoms with Gasteiger partial charge in [-0.2, -0.15) is 13.2 Å². The molecule has 0 aromatic heterocycles. The Morgan fingerprint density at radius 2 is 1.93 bits per heavy atom. The lowest BCUT2D eigenvalue weighted by Gasteiger charge is -2.10. The summed E-state index contributed by atoms with van der Waals surface area (Å²) in [5.74, 6) is -0.564. The zero-order chi connectivity index (χ0) is 11.5. The van der Waals surface area contributed by atoms with E-state index in [9.17, 15) is 17.6 Å². The van der Waals surface area contributed by atoms with Gasteiger partial charge in [0.2, 0.25) is 0 Å². The SMILES string of the molecule is CCCc1c(F)cccc1SC(F)(F)F. The monoisotopic (exact) mass is 238 g/mol. The lowest BCUT2D eigenvalue weighted by atomic mass is 10.1. The van der Waals surface area contributed by atoms with E-state index < -0.39 is 11.3 Å². The molecule has 0 amide bonds.